The van der Waals surface area contributed by atoms with Crippen molar-refractivity contribution in [2.45, 2.75) is 33.6 Å². The van der Waals surface area contributed by atoms with Crippen molar-refractivity contribution in [3.8, 4) is 0 Å². The standard InChI is InChI=1S/C17H20N2O2/c1-10(2)13-7-5-6-11(3)16(13)19-15-8-12(4)18-9-14(15)17(20)21/h5-10H,1-4H3,(H,18,19)(H,20,21). The molecule has 1 heterocycles. The number of aromatic carboxylic acids is 1. The molecule has 0 saturated heterocycles. The number of hydrogen-bond acceptors (Lipinski definition) is 3. The molecule has 0 fully saturated rings. The average Bonchev–Trinajstić information content (AvgIpc) is 2.40. The molecular formula is C17H20N2O2. The molecule has 2 aromatic rings. The fraction of sp³-hybridized carbons (Fsp3) is 0.294. The summed E-state index contributed by atoms with van der Waals surface area (Å²) >= 11 is 0. The number of hydrogen-bond donors (Lipinski definition) is 2. The van der Waals surface area contributed by atoms with Gasteiger partial charge in [0.25, 0.3) is 0 Å². The van der Waals surface area contributed by atoms with Crippen LogP contribution in [0.1, 0.15) is 46.9 Å². The number of carboxylic acids is 1. The van der Waals surface area contributed by atoms with Gasteiger partial charge in [0, 0.05) is 17.6 Å². The molecule has 0 saturated carbocycles. The maximum Gasteiger partial charge on any atom is 0.339 e. The lowest BCUT2D eigenvalue weighted by Gasteiger charge is -2.18. The number of para-hydroxylation sites is 1. The minimum atomic E-state index is -0.982. The molecule has 0 aliphatic heterocycles. The Bertz CT molecular complexity index is 678. The van der Waals surface area contributed by atoms with Crippen molar-refractivity contribution in [2.75, 3.05) is 5.32 Å². The molecule has 4 heteroatoms. The van der Waals surface area contributed by atoms with E-state index in [1.165, 1.54) is 11.8 Å². The third-order valence-electron chi connectivity index (χ3n) is 3.46. The highest BCUT2D eigenvalue weighted by molar-refractivity contribution is 5.95. The highest BCUT2D eigenvalue weighted by atomic mass is 16.4. The van der Waals surface area contributed by atoms with Gasteiger partial charge in [-0.15, -0.1) is 0 Å². The molecule has 0 spiro atoms. The lowest BCUT2D eigenvalue weighted by Crippen LogP contribution is -2.07. The number of carbonyl (C=O) groups is 1. The fourth-order valence-corrected chi connectivity index (χ4v) is 2.31. The van der Waals surface area contributed by atoms with E-state index in [-0.39, 0.29) is 5.56 Å². The summed E-state index contributed by atoms with van der Waals surface area (Å²) < 4.78 is 0. The molecule has 0 atom stereocenters. The van der Waals surface area contributed by atoms with Gasteiger partial charge < -0.3 is 10.4 Å². The molecule has 0 aliphatic rings. The van der Waals surface area contributed by atoms with E-state index in [4.69, 9.17) is 0 Å². The summed E-state index contributed by atoms with van der Waals surface area (Å²) in [4.78, 5) is 15.4. The van der Waals surface area contributed by atoms with Crippen LogP contribution in [0.2, 0.25) is 0 Å². The topological polar surface area (TPSA) is 62.2 Å². The predicted molar refractivity (Wildman–Crippen MR) is 84.5 cm³/mol. The molecule has 110 valence electrons. The molecule has 0 amide bonds. The first kappa shape index (κ1) is 15.0. The number of rotatable bonds is 4. The quantitative estimate of drug-likeness (QED) is 0.880. The highest BCUT2D eigenvalue weighted by Gasteiger charge is 2.15. The number of aromatic nitrogens is 1. The maximum atomic E-state index is 11.3. The number of anilines is 2. The Morgan fingerprint density at radius 3 is 2.62 bits per heavy atom. The van der Waals surface area contributed by atoms with Gasteiger partial charge in [0.1, 0.15) is 5.56 Å². The number of benzene rings is 1. The smallest absolute Gasteiger partial charge is 0.339 e. The van der Waals surface area contributed by atoms with Crippen LogP contribution in [0.5, 0.6) is 0 Å². The monoisotopic (exact) mass is 284 g/mol. The van der Waals surface area contributed by atoms with Crippen molar-refractivity contribution in [3.05, 3.63) is 52.8 Å². The first-order valence-electron chi connectivity index (χ1n) is 6.96. The predicted octanol–water partition coefficient (Wildman–Crippen LogP) is 4.26. The summed E-state index contributed by atoms with van der Waals surface area (Å²) in [7, 11) is 0. The summed E-state index contributed by atoms with van der Waals surface area (Å²) in [6, 6.07) is 7.86. The van der Waals surface area contributed by atoms with E-state index in [0.717, 1.165) is 16.9 Å². The van der Waals surface area contributed by atoms with Crippen LogP contribution in [0.25, 0.3) is 0 Å². The van der Waals surface area contributed by atoms with Crippen molar-refractivity contribution in [1.29, 1.82) is 0 Å². The van der Waals surface area contributed by atoms with Gasteiger partial charge in [-0.05, 0) is 37.0 Å². The minimum absolute atomic E-state index is 0.179. The van der Waals surface area contributed by atoms with Gasteiger partial charge in [0.15, 0.2) is 0 Å². The first-order chi connectivity index (χ1) is 9.90. The Labute approximate surface area is 124 Å². The molecule has 1 aromatic carbocycles. The van der Waals surface area contributed by atoms with Crippen LogP contribution < -0.4 is 5.32 Å². The van der Waals surface area contributed by atoms with Gasteiger partial charge in [0.2, 0.25) is 0 Å². The van der Waals surface area contributed by atoms with E-state index in [9.17, 15) is 9.90 Å². The Kier molecular flexibility index (Phi) is 4.26. The number of pyridine rings is 1. The molecule has 1 aromatic heterocycles. The normalized spacial score (nSPS) is 10.7. The molecule has 0 aliphatic carbocycles. The molecular weight excluding hydrogens is 264 g/mol. The second-order valence-corrected chi connectivity index (χ2v) is 5.50. The Morgan fingerprint density at radius 2 is 2.00 bits per heavy atom. The molecule has 4 nitrogen and oxygen atoms in total. The third kappa shape index (κ3) is 3.21. The number of nitrogens with zero attached hydrogens (tertiary/aromatic N) is 1. The lowest BCUT2D eigenvalue weighted by atomic mass is 9.98. The Hall–Kier alpha value is -2.36. The van der Waals surface area contributed by atoms with Crippen LogP contribution in [0.3, 0.4) is 0 Å². The van der Waals surface area contributed by atoms with Gasteiger partial charge in [-0.2, -0.15) is 0 Å². The summed E-state index contributed by atoms with van der Waals surface area (Å²) in [5.74, 6) is -0.631. The van der Waals surface area contributed by atoms with E-state index in [1.807, 2.05) is 26.0 Å². The van der Waals surface area contributed by atoms with Gasteiger partial charge in [-0.3, -0.25) is 4.98 Å². The van der Waals surface area contributed by atoms with Gasteiger partial charge >= 0.3 is 5.97 Å². The first-order valence-corrected chi connectivity index (χ1v) is 6.96. The second-order valence-electron chi connectivity index (χ2n) is 5.50. The van der Waals surface area contributed by atoms with Crippen molar-refractivity contribution in [1.82, 2.24) is 4.98 Å². The second kappa shape index (κ2) is 5.95. The Balaban J connectivity index is 2.53. The molecule has 0 unspecified atom stereocenters. The minimum Gasteiger partial charge on any atom is -0.478 e. The van der Waals surface area contributed by atoms with Crippen LogP contribution in [0, 0.1) is 13.8 Å². The molecule has 0 radical (unpaired) electrons. The van der Waals surface area contributed by atoms with Gasteiger partial charge in [-0.25, -0.2) is 4.79 Å². The summed E-state index contributed by atoms with van der Waals surface area (Å²) in [5.41, 5.74) is 4.76. The number of aryl methyl sites for hydroxylation is 2. The van der Waals surface area contributed by atoms with Gasteiger partial charge in [0.05, 0.1) is 5.69 Å². The highest BCUT2D eigenvalue weighted by Crippen LogP contribution is 2.31. The SMILES string of the molecule is Cc1cc(Nc2c(C)cccc2C(C)C)c(C(=O)O)cn1. The van der Waals surface area contributed by atoms with E-state index in [0.29, 0.717) is 11.6 Å². The zero-order chi connectivity index (χ0) is 15.6. The van der Waals surface area contributed by atoms with Crippen LogP contribution >= 0.6 is 0 Å². The van der Waals surface area contributed by atoms with Crippen LogP contribution in [-0.4, -0.2) is 16.1 Å². The summed E-state index contributed by atoms with van der Waals surface area (Å²) in [6.45, 7) is 8.10. The number of carboxylic acid groups (broad SMARTS) is 1. The average molecular weight is 284 g/mol. The van der Waals surface area contributed by atoms with Crippen molar-refractivity contribution < 1.29 is 9.90 Å². The zero-order valence-electron chi connectivity index (χ0n) is 12.8. The summed E-state index contributed by atoms with van der Waals surface area (Å²) in [6.07, 6.45) is 1.40. The van der Waals surface area contributed by atoms with Crippen LogP contribution in [0.4, 0.5) is 11.4 Å². The van der Waals surface area contributed by atoms with Crippen molar-refractivity contribution >= 4 is 17.3 Å². The lowest BCUT2D eigenvalue weighted by molar-refractivity contribution is 0.0697. The third-order valence-corrected chi connectivity index (χ3v) is 3.46. The fourth-order valence-electron chi connectivity index (χ4n) is 2.31. The van der Waals surface area contributed by atoms with E-state index >= 15 is 0 Å². The van der Waals surface area contributed by atoms with Crippen LogP contribution in [0.15, 0.2) is 30.5 Å². The summed E-state index contributed by atoms with van der Waals surface area (Å²) in [5, 5.41) is 12.6. The Morgan fingerprint density at radius 1 is 1.29 bits per heavy atom. The maximum absolute atomic E-state index is 11.3. The van der Waals surface area contributed by atoms with E-state index in [2.05, 4.69) is 30.2 Å². The van der Waals surface area contributed by atoms with E-state index < -0.39 is 5.97 Å². The van der Waals surface area contributed by atoms with Gasteiger partial charge in [-0.1, -0.05) is 32.0 Å². The molecule has 21 heavy (non-hydrogen) atoms. The van der Waals surface area contributed by atoms with E-state index in [1.54, 1.807) is 6.07 Å². The molecule has 2 rings (SSSR count). The zero-order valence-corrected chi connectivity index (χ0v) is 12.8. The number of nitrogens with one attached hydrogen (secondary N) is 1. The molecule has 2 N–H and O–H groups in total. The largest absolute Gasteiger partial charge is 0.478 e. The van der Waals surface area contributed by atoms with Crippen molar-refractivity contribution in [2.24, 2.45) is 0 Å². The van der Waals surface area contributed by atoms with Crippen molar-refractivity contribution in [3.63, 3.8) is 0 Å². The molecule has 0 bridgehead atoms. The van der Waals surface area contributed by atoms with Crippen LogP contribution in [-0.2, 0) is 0 Å².